The molecule has 6 heteroatoms. The van der Waals surface area contributed by atoms with Crippen molar-refractivity contribution >= 4 is 27.3 Å². The highest BCUT2D eigenvalue weighted by molar-refractivity contribution is 9.10. The van der Waals surface area contributed by atoms with Gasteiger partial charge in [0.1, 0.15) is 0 Å². The highest BCUT2D eigenvalue weighted by Crippen LogP contribution is 2.29. The van der Waals surface area contributed by atoms with Gasteiger partial charge in [-0.2, -0.15) is 16.4 Å². The highest BCUT2D eigenvalue weighted by atomic mass is 79.9. The van der Waals surface area contributed by atoms with E-state index in [1.807, 2.05) is 10.1 Å². The van der Waals surface area contributed by atoms with Crippen LogP contribution in [0.4, 0.5) is 0 Å². The maximum absolute atomic E-state index is 5.64. The van der Waals surface area contributed by atoms with Crippen LogP contribution in [0.2, 0.25) is 0 Å². The first-order valence-electron chi connectivity index (χ1n) is 4.97. The molecule has 0 aromatic carbocycles. The van der Waals surface area contributed by atoms with E-state index in [9.17, 15) is 0 Å². The Hall–Kier alpha value is -0.690. The zero-order chi connectivity index (χ0) is 11.5. The fraction of sp³-hybridized carbons (Fsp3) is 0.300. The molecule has 0 fully saturated rings. The molecule has 1 atom stereocenters. The summed E-state index contributed by atoms with van der Waals surface area (Å²) in [5.41, 5.74) is 5.05. The second-order valence-corrected chi connectivity index (χ2v) is 4.98. The second-order valence-electron chi connectivity index (χ2n) is 3.35. The summed E-state index contributed by atoms with van der Waals surface area (Å²) < 4.78 is 2.91. The normalized spacial score (nSPS) is 12.9. The summed E-state index contributed by atoms with van der Waals surface area (Å²) in [6.07, 6.45) is 1.80. The van der Waals surface area contributed by atoms with Crippen molar-refractivity contribution in [1.82, 2.24) is 15.2 Å². The molecule has 16 heavy (non-hydrogen) atoms. The predicted octanol–water partition coefficient (Wildman–Crippen LogP) is 2.28. The highest BCUT2D eigenvalue weighted by Gasteiger charge is 2.20. The first-order valence-corrected chi connectivity index (χ1v) is 6.71. The summed E-state index contributed by atoms with van der Waals surface area (Å²) in [6.45, 7) is 2.88. The molecule has 2 aromatic heterocycles. The van der Waals surface area contributed by atoms with Crippen molar-refractivity contribution in [1.29, 1.82) is 0 Å². The number of aryl methyl sites for hydroxylation is 1. The topological polar surface area (TPSA) is 55.9 Å². The van der Waals surface area contributed by atoms with Crippen LogP contribution in [0.15, 0.2) is 27.5 Å². The van der Waals surface area contributed by atoms with Gasteiger partial charge in [0, 0.05) is 6.54 Å². The lowest BCUT2D eigenvalue weighted by atomic mass is 10.1. The molecule has 0 aliphatic heterocycles. The summed E-state index contributed by atoms with van der Waals surface area (Å²) in [5, 5.41) is 8.42. The van der Waals surface area contributed by atoms with E-state index < -0.39 is 0 Å². The largest absolute Gasteiger partial charge is 0.271 e. The van der Waals surface area contributed by atoms with E-state index in [-0.39, 0.29) is 6.04 Å². The van der Waals surface area contributed by atoms with Crippen molar-refractivity contribution in [3.63, 3.8) is 0 Å². The van der Waals surface area contributed by atoms with Crippen LogP contribution in [-0.4, -0.2) is 9.78 Å². The Morgan fingerprint density at radius 3 is 3.06 bits per heavy atom. The molecule has 1 unspecified atom stereocenters. The lowest BCUT2D eigenvalue weighted by Crippen LogP contribution is -2.30. The maximum Gasteiger partial charge on any atom is 0.0897 e. The van der Waals surface area contributed by atoms with Crippen LogP contribution in [0.3, 0.4) is 0 Å². The van der Waals surface area contributed by atoms with Gasteiger partial charge in [-0.3, -0.25) is 10.5 Å². The van der Waals surface area contributed by atoms with Crippen molar-refractivity contribution < 1.29 is 0 Å². The molecular formula is C10H13BrN4S. The van der Waals surface area contributed by atoms with E-state index in [4.69, 9.17) is 5.84 Å². The summed E-state index contributed by atoms with van der Waals surface area (Å²) >= 11 is 5.17. The van der Waals surface area contributed by atoms with Gasteiger partial charge in [0.05, 0.1) is 22.4 Å². The SMILES string of the molecule is CCn1ncc(Br)c1C(NN)c1ccsc1. The van der Waals surface area contributed by atoms with Gasteiger partial charge in [0.2, 0.25) is 0 Å². The molecule has 0 spiro atoms. The van der Waals surface area contributed by atoms with Gasteiger partial charge in [0.15, 0.2) is 0 Å². The van der Waals surface area contributed by atoms with Gasteiger partial charge in [-0.15, -0.1) is 0 Å². The van der Waals surface area contributed by atoms with E-state index in [1.54, 1.807) is 17.5 Å². The average molecular weight is 301 g/mol. The van der Waals surface area contributed by atoms with E-state index in [1.165, 1.54) is 0 Å². The fourth-order valence-electron chi connectivity index (χ4n) is 1.68. The molecule has 2 aromatic rings. The number of aromatic nitrogens is 2. The van der Waals surface area contributed by atoms with Crippen LogP contribution in [0.25, 0.3) is 0 Å². The minimum absolute atomic E-state index is 0.0249. The van der Waals surface area contributed by atoms with E-state index >= 15 is 0 Å². The van der Waals surface area contributed by atoms with Crippen LogP contribution >= 0.6 is 27.3 Å². The van der Waals surface area contributed by atoms with Gasteiger partial charge < -0.3 is 0 Å². The van der Waals surface area contributed by atoms with Gasteiger partial charge in [0.25, 0.3) is 0 Å². The standard InChI is InChI=1S/C10H13BrN4S/c1-2-15-10(8(11)5-13-15)9(14-12)7-3-4-16-6-7/h3-6,9,14H,2,12H2,1H3. The maximum atomic E-state index is 5.64. The summed E-state index contributed by atoms with van der Waals surface area (Å²) in [7, 11) is 0. The molecule has 86 valence electrons. The van der Waals surface area contributed by atoms with Crippen LogP contribution in [0.5, 0.6) is 0 Å². The molecule has 2 rings (SSSR count). The van der Waals surface area contributed by atoms with E-state index in [2.05, 4.69) is 44.8 Å². The van der Waals surface area contributed by atoms with Crippen molar-refractivity contribution in [2.24, 2.45) is 5.84 Å². The summed E-state index contributed by atoms with van der Waals surface area (Å²) in [5.74, 6) is 5.64. The molecule has 0 aliphatic rings. The predicted molar refractivity (Wildman–Crippen MR) is 69.1 cm³/mol. The smallest absolute Gasteiger partial charge is 0.0897 e. The number of thiophene rings is 1. The number of nitrogens with one attached hydrogen (secondary N) is 1. The van der Waals surface area contributed by atoms with Crippen molar-refractivity contribution in [3.05, 3.63) is 38.8 Å². The third-order valence-corrected chi connectivity index (χ3v) is 3.76. The zero-order valence-electron chi connectivity index (χ0n) is 8.85. The third-order valence-electron chi connectivity index (χ3n) is 2.45. The van der Waals surface area contributed by atoms with Gasteiger partial charge in [-0.25, -0.2) is 5.43 Å². The summed E-state index contributed by atoms with van der Waals surface area (Å²) in [6, 6.07) is 2.04. The molecule has 0 aliphatic carbocycles. The third kappa shape index (κ3) is 2.06. The number of nitrogens with two attached hydrogens (primary N) is 1. The first kappa shape index (κ1) is 11.8. The van der Waals surface area contributed by atoms with E-state index in [0.29, 0.717) is 0 Å². The average Bonchev–Trinajstić information content (AvgIpc) is 2.91. The Labute approximate surface area is 107 Å². The Balaban J connectivity index is 2.44. The molecule has 3 N–H and O–H groups in total. The minimum atomic E-state index is -0.0249. The monoisotopic (exact) mass is 300 g/mol. The Morgan fingerprint density at radius 2 is 2.50 bits per heavy atom. The second kappa shape index (κ2) is 5.09. The van der Waals surface area contributed by atoms with Crippen molar-refractivity contribution in [3.8, 4) is 0 Å². The van der Waals surface area contributed by atoms with Gasteiger partial charge in [-0.1, -0.05) is 0 Å². The molecule has 0 amide bonds. The number of nitrogens with zero attached hydrogens (tertiary/aromatic N) is 2. The molecule has 0 saturated heterocycles. The quantitative estimate of drug-likeness (QED) is 0.673. The van der Waals surface area contributed by atoms with Gasteiger partial charge >= 0.3 is 0 Å². The van der Waals surface area contributed by atoms with Gasteiger partial charge in [-0.05, 0) is 45.2 Å². The Kier molecular flexibility index (Phi) is 3.75. The fourth-order valence-corrected chi connectivity index (χ4v) is 2.89. The number of hydrogen-bond acceptors (Lipinski definition) is 4. The van der Waals surface area contributed by atoms with E-state index in [0.717, 1.165) is 22.3 Å². The lowest BCUT2D eigenvalue weighted by Gasteiger charge is -2.16. The molecule has 0 bridgehead atoms. The van der Waals surface area contributed by atoms with Crippen LogP contribution in [-0.2, 0) is 6.54 Å². The molecule has 0 radical (unpaired) electrons. The molecule has 2 heterocycles. The Bertz CT molecular complexity index is 451. The zero-order valence-corrected chi connectivity index (χ0v) is 11.3. The first-order chi connectivity index (χ1) is 7.77. The van der Waals surface area contributed by atoms with Crippen LogP contribution < -0.4 is 11.3 Å². The van der Waals surface area contributed by atoms with Crippen molar-refractivity contribution in [2.75, 3.05) is 0 Å². The summed E-state index contributed by atoms with van der Waals surface area (Å²) in [4.78, 5) is 0. The molecular weight excluding hydrogens is 288 g/mol. The minimum Gasteiger partial charge on any atom is -0.271 e. The Morgan fingerprint density at radius 1 is 1.69 bits per heavy atom. The number of rotatable bonds is 4. The number of halogens is 1. The van der Waals surface area contributed by atoms with Crippen molar-refractivity contribution in [2.45, 2.75) is 19.5 Å². The van der Waals surface area contributed by atoms with Crippen LogP contribution in [0.1, 0.15) is 24.2 Å². The number of hydrazine groups is 1. The van der Waals surface area contributed by atoms with Crippen LogP contribution in [0, 0.1) is 0 Å². The molecule has 0 saturated carbocycles. The molecule has 4 nitrogen and oxygen atoms in total. The number of hydrogen-bond donors (Lipinski definition) is 2. The lowest BCUT2D eigenvalue weighted by molar-refractivity contribution is 0.543.